The van der Waals surface area contributed by atoms with Gasteiger partial charge < -0.3 is 9.73 Å². The number of hydrogen-bond acceptors (Lipinski definition) is 4. The minimum Gasteiger partial charge on any atom is -0.419 e. The third-order valence-corrected chi connectivity index (χ3v) is 2.59. The monoisotopic (exact) mass is 285 g/mol. The van der Waals surface area contributed by atoms with E-state index in [4.69, 9.17) is 4.42 Å². The summed E-state index contributed by atoms with van der Waals surface area (Å²) < 4.78 is 19.4. The second-order valence-corrected chi connectivity index (χ2v) is 3.99. The molecule has 0 amide bonds. The lowest BCUT2D eigenvalue weighted by Crippen LogP contribution is -2.04. The molecule has 0 bridgehead atoms. The van der Waals surface area contributed by atoms with E-state index >= 15 is 0 Å². The number of rotatable bonds is 3. The van der Waals surface area contributed by atoms with Crippen LogP contribution in [-0.4, -0.2) is 17.2 Å². The molecule has 2 rings (SSSR count). The third-order valence-electron chi connectivity index (χ3n) is 1.98. The van der Waals surface area contributed by atoms with E-state index in [1.54, 1.807) is 25.2 Å². The van der Waals surface area contributed by atoms with Gasteiger partial charge in [0.15, 0.2) is 0 Å². The second kappa shape index (κ2) is 4.71. The molecule has 16 heavy (non-hydrogen) atoms. The van der Waals surface area contributed by atoms with Crippen molar-refractivity contribution in [3.05, 3.63) is 34.4 Å². The molecule has 0 aliphatic carbocycles. The standard InChI is InChI=1S/C10H9BrFN3O/c1-13-5-8-14-15-10(16-8)6-3-2-4-7(11)9(6)12/h2-4,13H,5H2,1H3. The summed E-state index contributed by atoms with van der Waals surface area (Å²) in [6.45, 7) is 0.461. The normalized spacial score (nSPS) is 10.7. The predicted molar refractivity (Wildman–Crippen MR) is 60.2 cm³/mol. The van der Waals surface area contributed by atoms with Crippen molar-refractivity contribution in [1.29, 1.82) is 0 Å². The van der Waals surface area contributed by atoms with Crippen molar-refractivity contribution in [2.75, 3.05) is 7.05 Å². The maximum absolute atomic E-state index is 13.7. The number of aromatic nitrogens is 2. The number of nitrogens with one attached hydrogen (secondary N) is 1. The molecular formula is C10H9BrFN3O. The fraction of sp³-hybridized carbons (Fsp3) is 0.200. The molecule has 6 heteroatoms. The Bertz CT molecular complexity index is 501. The number of hydrogen-bond donors (Lipinski definition) is 1. The molecule has 4 nitrogen and oxygen atoms in total. The molecule has 0 fully saturated rings. The second-order valence-electron chi connectivity index (χ2n) is 3.13. The molecule has 1 heterocycles. The zero-order chi connectivity index (χ0) is 11.5. The lowest BCUT2D eigenvalue weighted by atomic mass is 10.2. The van der Waals surface area contributed by atoms with Gasteiger partial charge in [-0.05, 0) is 35.1 Å². The van der Waals surface area contributed by atoms with Gasteiger partial charge in [0.05, 0.1) is 16.6 Å². The van der Waals surface area contributed by atoms with Crippen molar-refractivity contribution in [2.24, 2.45) is 0 Å². The van der Waals surface area contributed by atoms with Gasteiger partial charge in [0.25, 0.3) is 5.89 Å². The zero-order valence-electron chi connectivity index (χ0n) is 8.50. The molecular weight excluding hydrogens is 277 g/mol. The summed E-state index contributed by atoms with van der Waals surface area (Å²) >= 11 is 3.10. The molecule has 0 atom stereocenters. The summed E-state index contributed by atoms with van der Waals surface area (Å²) in [6, 6.07) is 4.92. The SMILES string of the molecule is CNCc1nnc(-c2cccc(Br)c2F)o1. The molecule has 1 aromatic heterocycles. The van der Waals surface area contributed by atoms with Crippen LogP contribution in [0.5, 0.6) is 0 Å². The molecule has 0 aliphatic heterocycles. The lowest BCUT2D eigenvalue weighted by Gasteiger charge is -1.98. The summed E-state index contributed by atoms with van der Waals surface area (Å²) in [5.74, 6) is 0.211. The van der Waals surface area contributed by atoms with Crippen molar-refractivity contribution < 1.29 is 8.81 Å². The molecule has 1 N–H and O–H groups in total. The van der Waals surface area contributed by atoms with E-state index in [9.17, 15) is 4.39 Å². The molecule has 0 aliphatic rings. The predicted octanol–water partition coefficient (Wildman–Crippen LogP) is 2.36. The van der Waals surface area contributed by atoms with Crippen LogP contribution >= 0.6 is 15.9 Å². The maximum Gasteiger partial charge on any atom is 0.250 e. The van der Waals surface area contributed by atoms with Crippen molar-refractivity contribution in [2.45, 2.75) is 6.54 Å². The zero-order valence-corrected chi connectivity index (χ0v) is 10.1. The molecule has 1 aromatic carbocycles. The van der Waals surface area contributed by atoms with Crippen LogP contribution in [0.1, 0.15) is 5.89 Å². The fourth-order valence-electron chi connectivity index (χ4n) is 1.25. The summed E-state index contributed by atoms with van der Waals surface area (Å²) in [4.78, 5) is 0. The van der Waals surface area contributed by atoms with Crippen molar-refractivity contribution in [3.63, 3.8) is 0 Å². The van der Waals surface area contributed by atoms with Crippen LogP contribution < -0.4 is 5.32 Å². The highest BCUT2D eigenvalue weighted by atomic mass is 79.9. The quantitative estimate of drug-likeness (QED) is 0.941. The van der Waals surface area contributed by atoms with E-state index in [0.29, 0.717) is 22.5 Å². The summed E-state index contributed by atoms with van der Waals surface area (Å²) in [5.41, 5.74) is 0.296. The lowest BCUT2D eigenvalue weighted by molar-refractivity contribution is 0.487. The van der Waals surface area contributed by atoms with Crippen LogP contribution in [0.25, 0.3) is 11.5 Å². The van der Waals surface area contributed by atoms with Gasteiger partial charge in [-0.15, -0.1) is 10.2 Å². The first-order valence-electron chi connectivity index (χ1n) is 4.63. The first-order chi connectivity index (χ1) is 7.72. The molecule has 84 valence electrons. The van der Waals surface area contributed by atoms with E-state index in [0.717, 1.165) is 0 Å². The van der Waals surface area contributed by atoms with E-state index in [-0.39, 0.29) is 5.89 Å². The highest BCUT2D eigenvalue weighted by Crippen LogP contribution is 2.26. The van der Waals surface area contributed by atoms with Gasteiger partial charge in [-0.2, -0.15) is 0 Å². The van der Waals surface area contributed by atoms with Gasteiger partial charge in [0, 0.05) is 0 Å². The highest BCUT2D eigenvalue weighted by molar-refractivity contribution is 9.10. The van der Waals surface area contributed by atoms with Crippen LogP contribution in [0.2, 0.25) is 0 Å². The average molecular weight is 286 g/mol. The smallest absolute Gasteiger partial charge is 0.250 e. The Balaban J connectivity index is 2.39. The first kappa shape index (κ1) is 11.2. The molecule has 2 aromatic rings. The van der Waals surface area contributed by atoms with Crippen LogP contribution in [0.3, 0.4) is 0 Å². The van der Waals surface area contributed by atoms with Crippen molar-refractivity contribution in [3.8, 4) is 11.5 Å². The van der Waals surface area contributed by atoms with Gasteiger partial charge >= 0.3 is 0 Å². The maximum atomic E-state index is 13.7. The van der Waals surface area contributed by atoms with Crippen molar-refractivity contribution in [1.82, 2.24) is 15.5 Å². The Morgan fingerprint density at radius 3 is 3.00 bits per heavy atom. The number of benzene rings is 1. The molecule has 0 saturated heterocycles. The summed E-state index contributed by atoms with van der Waals surface area (Å²) in [6.07, 6.45) is 0. The minimum absolute atomic E-state index is 0.184. The van der Waals surface area contributed by atoms with Crippen LogP contribution in [0, 0.1) is 5.82 Å². The Kier molecular flexibility index (Phi) is 3.31. The fourth-order valence-corrected chi connectivity index (χ4v) is 1.62. The van der Waals surface area contributed by atoms with Crippen LogP contribution in [-0.2, 0) is 6.54 Å². The van der Waals surface area contributed by atoms with E-state index < -0.39 is 5.82 Å². The van der Waals surface area contributed by atoms with Crippen LogP contribution in [0.15, 0.2) is 27.1 Å². The average Bonchev–Trinajstić information content (AvgIpc) is 2.71. The Labute approximate surface area is 100 Å². The number of halogens is 2. The van der Waals surface area contributed by atoms with Gasteiger partial charge in [-0.3, -0.25) is 0 Å². The third kappa shape index (κ3) is 2.12. The first-order valence-corrected chi connectivity index (χ1v) is 5.43. The number of nitrogens with zero attached hydrogens (tertiary/aromatic N) is 2. The van der Waals surface area contributed by atoms with Crippen LogP contribution in [0.4, 0.5) is 4.39 Å². The Morgan fingerprint density at radius 1 is 1.44 bits per heavy atom. The van der Waals surface area contributed by atoms with Gasteiger partial charge in [-0.25, -0.2) is 4.39 Å². The molecule has 0 saturated carbocycles. The molecule has 0 radical (unpaired) electrons. The molecule has 0 unspecified atom stereocenters. The minimum atomic E-state index is -0.401. The van der Waals surface area contributed by atoms with Crippen molar-refractivity contribution >= 4 is 15.9 Å². The van der Waals surface area contributed by atoms with E-state index in [1.165, 1.54) is 0 Å². The topological polar surface area (TPSA) is 51.0 Å². The van der Waals surface area contributed by atoms with E-state index in [1.807, 2.05) is 0 Å². The highest BCUT2D eigenvalue weighted by Gasteiger charge is 2.14. The molecule has 0 spiro atoms. The Morgan fingerprint density at radius 2 is 2.25 bits per heavy atom. The van der Waals surface area contributed by atoms with Gasteiger partial charge in [0.1, 0.15) is 5.82 Å². The largest absolute Gasteiger partial charge is 0.419 e. The summed E-state index contributed by atoms with van der Waals surface area (Å²) in [5, 5.41) is 10.5. The summed E-state index contributed by atoms with van der Waals surface area (Å²) in [7, 11) is 1.77. The Hall–Kier alpha value is -1.27. The van der Waals surface area contributed by atoms with E-state index in [2.05, 4.69) is 31.4 Å². The van der Waals surface area contributed by atoms with Gasteiger partial charge in [-0.1, -0.05) is 6.07 Å². The van der Waals surface area contributed by atoms with Gasteiger partial charge in [0.2, 0.25) is 5.89 Å².